The number of nitrogens with two attached hydrogens (primary N) is 2. The summed E-state index contributed by atoms with van der Waals surface area (Å²) in [6.45, 7) is 0. The van der Waals surface area contributed by atoms with Crippen molar-refractivity contribution in [3.8, 4) is 0 Å². The number of hydrogen-bond donors (Lipinski definition) is 3. The zero-order valence-electron chi connectivity index (χ0n) is 5.87. The van der Waals surface area contributed by atoms with E-state index in [0.29, 0.717) is 4.99 Å². The van der Waals surface area contributed by atoms with E-state index in [-0.39, 0.29) is 0 Å². The van der Waals surface area contributed by atoms with Gasteiger partial charge in [-0.15, -0.1) is 0 Å². The first-order valence-corrected chi connectivity index (χ1v) is 3.52. The second-order valence-corrected chi connectivity index (χ2v) is 2.49. The van der Waals surface area contributed by atoms with Gasteiger partial charge in [0.25, 0.3) is 0 Å². The maximum absolute atomic E-state index is 5.43. The highest BCUT2D eigenvalue weighted by Crippen LogP contribution is 2.12. The maximum Gasteiger partial charge on any atom is 0.106 e. The molecule has 0 fully saturated rings. The normalized spacial score (nSPS) is 9.18. The molecule has 11 heavy (non-hydrogen) atoms. The third kappa shape index (κ3) is 1.66. The van der Waals surface area contributed by atoms with Gasteiger partial charge in [0.05, 0.1) is 5.69 Å². The lowest BCUT2D eigenvalue weighted by Gasteiger charge is -2.05. The van der Waals surface area contributed by atoms with Crippen molar-refractivity contribution in [2.75, 3.05) is 5.43 Å². The summed E-state index contributed by atoms with van der Waals surface area (Å²) < 4.78 is 0. The number of anilines is 1. The van der Waals surface area contributed by atoms with Crippen molar-refractivity contribution in [1.29, 1.82) is 0 Å². The number of thiocarbonyl (C=S) groups is 1. The molecular weight excluding hydrogens is 158 g/mol. The minimum atomic E-state index is 0.346. The smallest absolute Gasteiger partial charge is 0.106 e. The summed E-state index contributed by atoms with van der Waals surface area (Å²) in [5, 5.41) is 0. The fourth-order valence-corrected chi connectivity index (χ4v) is 1.00. The molecule has 0 aromatic heterocycles. The lowest BCUT2D eigenvalue weighted by Crippen LogP contribution is -2.15. The third-order valence-corrected chi connectivity index (χ3v) is 1.57. The highest BCUT2D eigenvalue weighted by molar-refractivity contribution is 7.80. The number of nitrogens with one attached hydrogen (secondary N) is 1. The van der Waals surface area contributed by atoms with E-state index in [0.717, 1.165) is 11.3 Å². The molecular formula is C7H9N3S. The van der Waals surface area contributed by atoms with Crippen molar-refractivity contribution in [3.63, 3.8) is 0 Å². The van der Waals surface area contributed by atoms with Gasteiger partial charge in [-0.2, -0.15) is 0 Å². The standard InChI is InChI=1S/C7H9N3S/c8-7(11)5-3-1-2-4-6(5)10-9/h1-4,10H,9H2,(H2,8,11). The molecule has 1 aromatic rings. The Kier molecular flexibility index (Phi) is 2.40. The van der Waals surface area contributed by atoms with Gasteiger partial charge >= 0.3 is 0 Å². The van der Waals surface area contributed by atoms with Gasteiger partial charge in [-0.1, -0.05) is 24.4 Å². The molecule has 0 saturated heterocycles. The van der Waals surface area contributed by atoms with Crippen LogP contribution in [0, 0.1) is 0 Å². The Morgan fingerprint density at radius 3 is 2.45 bits per heavy atom. The molecule has 4 heteroatoms. The molecule has 0 spiro atoms. The maximum atomic E-state index is 5.43. The number of hydrogen-bond acceptors (Lipinski definition) is 3. The van der Waals surface area contributed by atoms with E-state index in [2.05, 4.69) is 5.43 Å². The van der Waals surface area contributed by atoms with Crippen LogP contribution in [0.5, 0.6) is 0 Å². The minimum absolute atomic E-state index is 0.346. The van der Waals surface area contributed by atoms with Crippen molar-refractivity contribution in [1.82, 2.24) is 0 Å². The average molecular weight is 167 g/mol. The van der Waals surface area contributed by atoms with Gasteiger partial charge in [-0.3, -0.25) is 5.84 Å². The van der Waals surface area contributed by atoms with Gasteiger partial charge in [0.1, 0.15) is 4.99 Å². The van der Waals surface area contributed by atoms with Crippen LogP contribution < -0.4 is 17.0 Å². The number of para-hydroxylation sites is 1. The second kappa shape index (κ2) is 3.32. The predicted octanol–water partition coefficient (Wildman–Crippen LogP) is 0.606. The van der Waals surface area contributed by atoms with Crippen LogP contribution in [0.2, 0.25) is 0 Å². The van der Waals surface area contributed by atoms with E-state index in [1.54, 1.807) is 0 Å². The molecule has 1 rings (SSSR count). The number of benzene rings is 1. The van der Waals surface area contributed by atoms with Gasteiger partial charge in [0, 0.05) is 5.56 Å². The Morgan fingerprint density at radius 1 is 1.36 bits per heavy atom. The molecule has 0 heterocycles. The second-order valence-electron chi connectivity index (χ2n) is 2.05. The van der Waals surface area contributed by atoms with Gasteiger partial charge < -0.3 is 11.2 Å². The summed E-state index contributed by atoms with van der Waals surface area (Å²) in [4.78, 5) is 0.346. The molecule has 5 N–H and O–H groups in total. The first-order valence-electron chi connectivity index (χ1n) is 3.11. The van der Waals surface area contributed by atoms with Gasteiger partial charge in [0.2, 0.25) is 0 Å². The number of rotatable bonds is 2. The van der Waals surface area contributed by atoms with E-state index in [9.17, 15) is 0 Å². The lowest BCUT2D eigenvalue weighted by molar-refractivity contribution is 1.34. The average Bonchev–Trinajstić information content (AvgIpc) is 2.04. The van der Waals surface area contributed by atoms with E-state index < -0.39 is 0 Å². The molecule has 0 aliphatic heterocycles. The molecule has 0 atom stereocenters. The minimum Gasteiger partial charge on any atom is -0.389 e. The molecule has 0 radical (unpaired) electrons. The fraction of sp³-hybridized carbons (Fsp3) is 0. The van der Waals surface area contributed by atoms with Crippen molar-refractivity contribution in [2.45, 2.75) is 0 Å². The van der Waals surface area contributed by atoms with E-state index >= 15 is 0 Å². The zero-order valence-corrected chi connectivity index (χ0v) is 6.69. The van der Waals surface area contributed by atoms with Crippen molar-refractivity contribution >= 4 is 22.9 Å². The Balaban J connectivity index is 3.12. The molecule has 1 aromatic carbocycles. The molecule has 0 aliphatic rings. The van der Waals surface area contributed by atoms with E-state index in [1.807, 2.05) is 24.3 Å². The summed E-state index contributed by atoms with van der Waals surface area (Å²) in [5.41, 5.74) is 9.45. The highest BCUT2D eigenvalue weighted by Gasteiger charge is 2.00. The summed E-state index contributed by atoms with van der Waals surface area (Å²) >= 11 is 4.80. The SMILES string of the molecule is NNc1ccccc1C(N)=S. The Labute approximate surface area is 70.4 Å². The summed E-state index contributed by atoms with van der Waals surface area (Å²) in [6.07, 6.45) is 0. The first kappa shape index (κ1) is 7.97. The van der Waals surface area contributed by atoms with Crippen LogP contribution in [0.1, 0.15) is 5.56 Å². The monoisotopic (exact) mass is 167 g/mol. The quantitative estimate of drug-likeness (QED) is 0.343. The molecule has 0 aliphatic carbocycles. The van der Waals surface area contributed by atoms with Crippen LogP contribution in [0.25, 0.3) is 0 Å². The van der Waals surface area contributed by atoms with Gasteiger partial charge in [0.15, 0.2) is 0 Å². The third-order valence-electron chi connectivity index (χ3n) is 1.35. The largest absolute Gasteiger partial charge is 0.389 e. The van der Waals surface area contributed by atoms with E-state index in [4.69, 9.17) is 23.8 Å². The van der Waals surface area contributed by atoms with Crippen molar-refractivity contribution < 1.29 is 0 Å². The predicted molar refractivity (Wildman–Crippen MR) is 50.1 cm³/mol. The summed E-state index contributed by atoms with van der Waals surface area (Å²) in [6, 6.07) is 7.35. The molecule has 0 amide bonds. The van der Waals surface area contributed by atoms with Crippen LogP contribution >= 0.6 is 12.2 Å². The summed E-state index contributed by atoms with van der Waals surface area (Å²) in [5.74, 6) is 5.22. The Morgan fingerprint density at radius 2 is 2.00 bits per heavy atom. The molecule has 58 valence electrons. The number of nitrogen functional groups attached to an aromatic ring is 1. The van der Waals surface area contributed by atoms with Crippen molar-refractivity contribution in [2.24, 2.45) is 11.6 Å². The Bertz CT molecular complexity index is 272. The molecule has 3 nitrogen and oxygen atoms in total. The van der Waals surface area contributed by atoms with Gasteiger partial charge in [-0.05, 0) is 12.1 Å². The molecule has 0 saturated carbocycles. The van der Waals surface area contributed by atoms with Crippen molar-refractivity contribution in [3.05, 3.63) is 29.8 Å². The topological polar surface area (TPSA) is 64.1 Å². The number of hydrazine groups is 1. The van der Waals surface area contributed by atoms with E-state index in [1.165, 1.54) is 0 Å². The molecule has 0 bridgehead atoms. The van der Waals surface area contributed by atoms with Crippen LogP contribution in [0.3, 0.4) is 0 Å². The van der Waals surface area contributed by atoms with Crippen LogP contribution in [0.4, 0.5) is 5.69 Å². The van der Waals surface area contributed by atoms with Gasteiger partial charge in [-0.25, -0.2) is 0 Å². The first-order chi connectivity index (χ1) is 5.25. The van der Waals surface area contributed by atoms with Crippen LogP contribution in [0.15, 0.2) is 24.3 Å². The zero-order chi connectivity index (χ0) is 8.27. The molecule has 0 unspecified atom stereocenters. The Hall–Kier alpha value is -1.13. The fourth-order valence-electron chi connectivity index (χ4n) is 0.824. The highest BCUT2D eigenvalue weighted by atomic mass is 32.1. The lowest BCUT2D eigenvalue weighted by atomic mass is 10.2. The van der Waals surface area contributed by atoms with Crippen LogP contribution in [-0.4, -0.2) is 4.99 Å². The van der Waals surface area contributed by atoms with Crippen LogP contribution in [-0.2, 0) is 0 Å². The summed E-state index contributed by atoms with van der Waals surface area (Å²) in [7, 11) is 0.